The average Bonchev–Trinajstić information content (AvgIpc) is 2.37. The lowest BCUT2D eigenvalue weighted by atomic mass is 11.3. The highest BCUT2D eigenvalue weighted by Crippen LogP contribution is 1.78. The fourth-order valence-electron chi connectivity index (χ4n) is 0. The van der Waals surface area contributed by atoms with E-state index in [0.29, 0.717) is 0 Å². The molecule has 0 aliphatic rings. The Kier molecular flexibility index (Phi) is 21.1. The third-order valence-corrected chi connectivity index (χ3v) is 3.63. The van der Waals surface area contributed by atoms with E-state index in [1.165, 1.54) is 0 Å². The van der Waals surface area contributed by atoms with Gasteiger partial charge < -0.3 is 0 Å². The molecule has 0 spiro atoms. The van der Waals surface area contributed by atoms with Crippen LogP contribution in [0.25, 0.3) is 0 Å². The van der Waals surface area contributed by atoms with E-state index in [9.17, 15) is 33.7 Å². The first-order chi connectivity index (χ1) is 10.2. The highest BCUT2D eigenvalue weighted by molar-refractivity contribution is 7.94. The Labute approximate surface area is 153 Å². The zero-order valence-electron chi connectivity index (χ0n) is 14.0. The molecule has 152 valence electrons. The lowest BCUT2D eigenvalue weighted by Crippen LogP contribution is -1.84. The summed E-state index contributed by atoms with van der Waals surface area (Å²) >= 11 is 0. The first-order valence-electron chi connectivity index (χ1n) is 5.54. The van der Waals surface area contributed by atoms with E-state index in [0.717, 1.165) is 46.7 Å². The fraction of sp³-hybridized carbons (Fsp3) is 0.385. The van der Waals surface area contributed by atoms with Crippen molar-refractivity contribution in [1.29, 1.82) is 0 Å². The molecule has 0 aromatic carbocycles. The van der Waals surface area contributed by atoms with Gasteiger partial charge in [0.15, 0.2) is 39.3 Å². The van der Waals surface area contributed by atoms with Crippen LogP contribution in [0, 0.1) is 0 Å². The molecule has 0 heterocycles. The third-order valence-electron chi connectivity index (χ3n) is 1.21. The van der Waals surface area contributed by atoms with Crippen molar-refractivity contribution < 1.29 is 33.7 Å². The molecule has 0 aliphatic carbocycles. The Bertz CT molecular complexity index is 622. The molecule has 0 unspecified atom stereocenters. The lowest BCUT2D eigenvalue weighted by molar-refractivity contribution is 0.608. The summed E-state index contributed by atoms with van der Waals surface area (Å²) in [6.45, 7) is 12.2. The standard InChI is InChI=1S/4C3H6O2S.CH4/c4*1-3-6(2,4)5;/h4*3H,1H2,2H3;1H4. The minimum atomic E-state index is -2.90. The molecule has 0 radical (unpaired) electrons. The van der Waals surface area contributed by atoms with Gasteiger partial charge in [-0.05, 0) is 0 Å². The van der Waals surface area contributed by atoms with E-state index in [1.54, 1.807) is 0 Å². The highest BCUT2D eigenvalue weighted by atomic mass is 32.2. The van der Waals surface area contributed by atoms with Crippen molar-refractivity contribution in [2.45, 2.75) is 7.43 Å². The summed E-state index contributed by atoms with van der Waals surface area (Å²) in [6.07, 6.45) is 4.39. The molecule has 8 nitrogen and oxygen atoms in total. The highest BCUT2D eigenvalue weighted by Gasteiger charge is 1.86. The topological polar surface area (TPSA) is 137 Å². The summed E-state index contributed by atoms with van der Waals surface area (Å²) in [6, 6.07) is 0. The predicted molar refractivity (Wildman–Crippen MR) is 107 cm³/mol. The van der Waals surface area contributed by atoms with Crippen LogP contribution < -0.4 is 0 Å². The maximum atomic E-state index is 9.88. The van der Waals surface area contributed by atoms with E-state index in [-0.39, 0.29) is 7.43 Å². The minimum Gasteiger partial charge on any atom is -0.225 e. The SMILES string of the molecule is C.C=CS(C)(=O)=O.C=CS(C)(=O)=O.C=CS(C)(=O)=O.C=CS(C)(=O)=O. The van der Waals surface area contributed by atoms with Gasteiger partial charge in [0.2, 0.25) is 0 Å². The van der Waals surface area contributed by atoms with Crippen molar-refractivity contribution in [2.24, 2.45) is 0 Å². The molecule has 0 aromatic heterocycles. The summed E-state index contributed by atoms with van der Waals surface area (Å²) in [5, 5.41) is 3.64. The first kappa shape index (κ1) is 35.0. The van der Waals surface area contributed by atoms with E-state index in [4.69, 9.17) is 0 Å². The third kappa shape index (κ3) is 84.7. The smallest absolute Gasteiger partial charge is 0.168 e. The molecule has 0 bridgehead atoms. The van der Waals surface area contributed by atoms with Gasteiger partial charge in [0.1, 0.15) is 0 Å². The maximum absolute atomic E-state index is 9.88. The zero-order chi connectivity index (χ0) is 20.8. The molecule has 0 N–H and O–H groups in total. The first-order valence-corrected chi connectivity index (χ1v) is 13.4. The van der Waals surface area contributed by atoms with Crippen molar-refractivity contribution >= 4 is 39.3 Å². The van der Waals surface area contributed by atoms with Gasteiger partial charge in [0, 0.05) is 46.7 Å². The Morgan fingerprint density at radius 1 is 0.440 bits per heavy atom. The molecule has 0 aromatic rings. The van der Waals surface area contributed by atoms with E-state index in [1.807, 2.05) is 0 Å². The van der Waals surface area contributed by atoms with Crippen molar-refractivity contribution in [3.8, 4) is 0 Å². The van der Waals surface area contributed by atoms with Crippen LogP contribution in [-0.4, -0.2) is 58.7 Å². The van der Waals surface area contributed by atoms with Crippen LogP contribution in [0.15, 0.2) is 47.9 Å². The molecular weight excluding hydrogens is 412 g/mol. The van der Waals surface area contributed by atoms with Gasteiger partial charge in [0.25, 0.3) is 0 Å². The second-order valence-corrected chi connectivity index (χ2v) is 12.0. The maximum Gasteiger partial charge on any atom is 0.168 e. The van der Waals surface area contributed by atoms with Crippen LogP contribution >= 0.6 is 0 Å². The molecule has 0 fully saturated rings. The summed E-state index contributed by atoms with van der Waals surface area (Å²) in [7, 11) is -11.6. The van der Waals surface area contributed by atoms with Crippen molar-refractivity contribution in [3.63, 3.8) is 0 Å². The summed E-state index contributed by atoms with van der Waals surface area (Å²) < 4.78 is 79.1. The van der Waals surface area contributed by atoms with Gasteiger partial charge in [0.05, 0.1) is 0 Å². The predicted octanol–water partition coefficient (Wildman–Crippen LogP) is 1.33. The van der Waals surface area contributed by atoms with Crippen molar-refractivity contribution in [1.82, 2.24) is 0 Å². The number of rotatable bonds is 4. The Morgan fingerprint density at radius 3 is 0.480 bits per heavy atom. The summed E-state index contributed by atoms with van der Waals surface area (Å²) in [5.74, 6) is 0. The van der Waals surface area contributed by atoms with Gasteiger partial charge in [-0.25, -0.2) is 33.7 Å². The Morgan fingerprint density at radius 2 is 0.480 bits per heavy atom. The van der Waals surface area contributed by atoms with E-state index < -0.39 is 39.3 Å². The average molecular weight is 441 g/mol. The van der Waals surface area contributed by atoms with Crippen molar-refractivity contribution in [2.75, 3.05) is 25.0 Å². The van der Waals surface area contributed by atoms with E-state index in [2.05, 4.69) is 26.3 Å². The largest absolute Gasteiger partial charge is 0.225 e. The second kappa shape index (κ2) is 15.0. The summed E-state index contributed by atoms with van der Waals surface area (Å²) in [5.41, 5.74) is 0. The van der Waals surface area contributed by atoms with Crippen molar-refractivity contribution in [3.05, 3.63) is 47.9 Å². The molecule has 0 atom stereocenters. The molecule has 0 saturated carbocycles. The number of hydrogen-bond acceptors (Lipinski definition) is 8. The molecule has 0 saturated heterocycles. The molecule has 0 aliphatic heterocycles. The van der Waals surface area contributed by atoms with E-state index >= 15 is 0 Å². The van der Waals surface area contributed by atoms with Gasteiger partial charge in [-0.3, -0.25) is 0 Å². The van der Waals surface area contributed by atoms with Gasteiger partial charge in [-0.2, -0.15) is 0 Å². The summed E-state index contributed by atoms with van der Waals surface area (Å²) in [4.78, 5) is 0. The normalized spacial score (nSPS) is 10.4. The number of hydrogen-bond donors (Lipinski definition) is 0. The molecular formula is C13H28O8S4. The van der Waals surface area contributed by atoms with Gasteiger partial charge in [-0.1, -0.05) is 33.7 Å². The molecule has 25 heavy (non-hydrogen) atoms. The molecule has 12 heteroatoms. The van der Waals surface area contributed by atoms with Gasteiger partial charge in [-0.15, -0.1) is 0 Å². The molecule has 0 rings (SSSR count). The van der Waals surface area contributed by atoms with Crippen LogP contribution in [-0.2, 0) is 39.3 Å². The van der Waals surface area contributed by atoms with Crippen LogP contribution in [0.4, 0.5) is 0 Å². The molecule has 0 amide bonds. The Balaban J connectivity index is -0.0000000702. The Hall–Kier alpha value is -1.24. The quantitative estimate of drug-likeness (QED) is 0.638. The number of sulfone groups is 4. The lowest BCUT2D eigenvalue weighted by Gasteiger charge is -1.74. The minimum absolute atomic E-state index is 0. The second-order valence-electron chi connectivity index (χ2n) is 3.98. The fourth-order valence-corrected chi connectivity index (χ4v) is 0. The van der Waals surface area contributed by atoms with Crippen LogP contribution in [0.5, 0.6) is 0 Å². The van der Waals surface area contributed by atoms with Crippen LogP contribution in [0.3, 0.4) is 0 Å². The van der Waals surface area contributed by atoms with Gasteiger partial charge >= 0.3 is 0 Å². The van der Waals surface area contributed by atoms with Crippen LogP contribution in [0.1, 0.15) is 7.43 Å². The monoisotopic (exact) mass is 440 g/mol. The zero-order valence-corrected chi connectivity index (χ0v) is 17.3. The van der Waals surface area contributed by atoms with Crippen LogP contribution in [0.2, 0.25) is 0 Å².